The lowest BCUT2D eigenvalue weighted by atomic mass is 9.92. The van der Waals surface area contributed by atoms with Gasteiger partial charge in [0.25, 0.3) is 5.56 Å². The minimum Gasteiger partial charge on any atom is -0.477 e. The maximum absolute atomic E-state index is 11.6. The van der Waals surface area contributed by atoms with Gasteiger partial charge in [-0.1, -0.05) is 11.8 Å². The maximum Gasteiger partial charge on any atom is 0.348 e. The molecule has 0 amide bonds. The van der Waals surface area contributed by atoms with Crippen LogP contribution in [-0.4, -0.2) is 33.4 Å². The van der Waals surface area contributed by atoms with Crippen LogP contribution >= 0.6 is 11.3 Å². The summed E-state index contributed by atoms with van der Waals surface area (Å²) in [7, 11) is 0. The van der Waals surface area contributed by atoms with E-state index < -0.39 is 5.97 Å². The number of nitrogens with one attached hydrogen (secondary N) is 2. The highest BCUT2D eigenvalue weighted by Crippen LogP contribution is 2.31. The zero-order chi connectivity index (χ0) is 21.0. The fourth-order valence-corrected chi connectivity index (χ4v) is 3.89. The predicted molar refractivity (Wildman–Crippen MR) is 113 cm³/mol. The van der Waals surface area contributed by atoms with Crippen LogP contribution in [0.1, 0.15) is 61.0 Å². The Morgan fingerprint density at radius 3 is 2.62 bits per heavy atom. The Hall–Kier alpha value is -2.79. The molecule has 2 aromatic rings. The summed E-state index contributed by atoms with van der Waals surface area (Å²) in [5.41, 5.74) is 0.231. The highest BCUT2D eigenvalue weighted by atomic mass is 32.1. The second-order valence-electron chi connectivity index (χ2n) is 8.15. The highest BCUT2D eigenvalue weighted by Gasteiger charge is 2.25. The van der Waals surface area contributed by atoms with Gasteiger partial charge in [0.2, 0.25) is 5.88 Å². The third-order valence-electron chi connectivity index (χ3n) is 4.46. The van der Waals surface area contributed by atoms with E-state index in [4.69, 9.17) is 4.74 Å². The van der Waals surface area contributed by atoms with Crippen molar-refractivity contribution >= 4 is 23.0 Å². The summed E-state index contributed by atoms with van der Waals surface area (Å²) in [6, 6.07) is 4.96. The second kappa shape index (κ2) is 8.70. The maximum atomic E-state index is 11.6. The predicted octanol–water partition coefficient (Wildman–Crippen LogP) is 3.73. The van der Waals surface area contributed by atoms with Crippen LogP contribution in [0.5, 0.6) is 5.88 Å². The van der Waals surface area contributed by atoms with Crippen molar-refractivity contribution < 1.29 is 14.6 Å². The Morgan fingerprint density at radius 1 is 1.31 bits per heavy atom. The molecule has 154 valence electrons. The second-order valence-corrected chi connectivity index (χ2v) is 9.21. The Bertz CT molecular complexity index is 965. The molecule has 3 N–H and O–H groups in total. The largest absolute Gasteiger partial charge is 0.477 e. The summed E-state index contributed by atoms with van der Waals surface area (Å²) in [5, 5.41) is 19.2. The molecule has 0 radical (unpaired) electrons. The van der Waals surface area contributed by atoms with Crippen LogP contribution in [0.25, 0.3) is 0 Å². The molecule has 0 spiro atoms. The number of rotatable bonds is 5. The van der Waals surface area contributed by atoms with Crippen LogP contribution in [0.15, 0.2) is 23.0 Å². The van der Waals surface area contributed by atoms with Gasteiger partial charge in [0, 0.05) is 23.6 Å². The van der Waals surface area contributed by atoms with Gasteiger partial charge in [-0.2, -0.15) is 0 Å². The summed E-state index contributed by atoms with van der Waals surface area (Å²) in [6.07, 6.45) is 3.38. The van der Waals surface area contributed by atoms with Crippen molar-refractivity contribution in [3.05, 3.63) is 38.3 Å². The fourth-order valence-electron chi connectivity index (χ4n) is 3.08. The Morgan fingerprint density at radius 2 is 2.03 bits per heavy atom. The molecule has 0 unspecified atom stereocenters. The molecule has 0 aromatic carbocycles. The lowest BCUT2D eigenvalue weighted by Gasteiger charge is -2.29. The first-order valence-electron chi connectivity index (χ1n) is 9.59. The van der Waals surface area contributed by atoms with Crippen molar-refractivity contribution in [2.24, 2.45) is 5.41 Å². The average molecular weight is 416 g/mol. The average Bonchev–Trinajstić information content (AvgIpc) is 3.06. The third kappa shape index (κ3) is 6.09. The number of nitrogens with zero attached hydrogens (tertiary/aromatic N) is 1. The molecule has 0 aliphatic heterocycles. The van der Waals surface area contributed by atoms with Gasteiger partial charge in [-0.05, 0) is 52.5 Å². The molecular formula is C21H25N3O4S. The lowest BCUT2D eigenvalue weighted by Crippen LogP contribution is -2.31. The van der Waals surface area contributed by atoms with Crippen LogP contribution in [0, 0.1) is 17.3 Å². The molecule has 3 rings (SSSR count). The van der Waals surface area contributed by atoms with Gasteiger partial charge in [-0.3, -0.25) is 4.79 Å². The first-order valence-corrected chi connectivity index (χ1v) is 10.4. The molecule has 2 aromatic heterocycles. The number of ether oxygens (including phenoxy) is 1. The number of thiophene rings is 1. The van der Waals surface area contributed by atoms with Gasteiger partial charge < -0.3 is 15.2 Å². The van der Waals surface area contributed by atoms with Crippen molar-refractivity contribution in [3.63, 3.8) is 0 Å². The zero-order valence-corrected chi connectivity index (χ0v) is 17.6. The highest BCUT2D eigenvalue weighted by molar-refractivity contribution is 7.15. The third-order valence-corrected chi connectivity index (χ3v) is 5.50. The van der Waals surface area contributed by atoms with Crippen molar-refractivity contribution in [2.75, 3.05) is 5.32 Å². The Labute approximate surface area is 173 Å². The number of aromatic amines is 1. The van der Waals surface area contributed by atoms with E-state index in [9.17, 15) is 14.7 Å². The van der Waals surface area contributed by atoms with Gasteiger partial charge in [0.1, 0.15) is 11.0 Å². The normalized spacial score (nSPS) is 19.1. The number of aromatic carboxylic acids is 1. The SMILES string of the molecule is CC(C)(C)C#Cc1cc(NC2CCC(Oc3ccc(=O)[nH]n3)CC2)c(C(=O)O)s1. The van der Waals surface area contributed by atoms with Crippen molar-refractivity contribution in [3.8, 4) is 17.7 Å². The molecular weight excluding hydrogens is 390 g/mol. The van der Waals surface area contributed by atoms with E-state index in [0.717, 1.165) is 30.6 Å². The van der Waals surface area contributed by atoms with Crippen LogP contribution in [0.4, 0.5) is 5.69 Å². The van der Waals surface area contributed by atoms with E-state index >= 15 is 0 Å². The summed E-state index contributed by atoms with van der Waals surface area (Å²) in [4.78, 5) is 23.7. The van der Waals surface area contributed by atoms with E-state index in [1.165, 1.54) is 17.4 Å². The minimum atomic E-state index is -0.942. The summed E-state index contributed by atoms with van der Waals surface area (Å²) >= 11 is 1.20. The molecule has 0 bridgehead atoms. The number of carboxylic acid groups (broad SMARTS) is 1. The van der Waals surface area contributed by atoms with Gasteiger partial charge in [-0.25, -0.2) is 9.89 Å². The number of aromatic nitrogens is 2. The van der Waals surface area contributed by atoms with Crippen LogP contribution in [0.2, 0.25) is 0 Å². The number of hydrogen-bond donors (Lipinski definition) is 3. The zero-order valence-electron chi connectivity index (χ0n) is 16.7. The molecule has 29 heavy (non-hydrogen) atoms. The lowest BCUT2D eigenvalue weighted by molar-refractivity contribution is 0.0703. The first-order chi connectivity index (χ1) is 13.7. The fraction of sp³-hybridized carbons (Fsp3) is 0.476. The Kier molecular flexibility index (Phi) is 6.28. The van der Waals surface area contributed by atoms with Crippen LogP contribution in [0.3, 0.4) is 0 Å². The smallest absolute Gasteiger partial charge is 0.348 e. The van der Waals surface area contributed by atoms with Crippen molar-refractivity contribution in [1.29, 1.82) is 0 Å². The minimum absolute atomic E-state index is 0.0288. The van der Waals surface area contributed by atoms with E-state index in [1.54, 1.807) is 6.07 Å². The van der Waals surface area contributed by atoms with Gasteiger partial charge in [0.05, 0.1) is 10.6 Å². The van der Waals surface area contributed by atoms with E-state index in [-0.39, 0.29) is 23.1 Å². The molecule has 1 aliphatic rings. The molecule has 7 nitrogen and oxygen atoms in total. The summed E-state index contributed by atoms with van der Waals surface area (Å²) < 4.78 is 5.82. The number of hydrogen-bond acceptors (Lipinski definition) is 6. The Balaban J connectivity index is 1.61. The number of carboxylic acids is 1. The monoisotopic (exact) mass is 415 g/mol. The van der Waals surface area contributed by atoms with Gasteiger partial charge in [-0.15, -0.1) is 16.4 Å². The topological polar surface area (TPSA) is 104 Å². The number of carbonyl (C=O) groups is 1. The summed E-state index contributed by atoms with van der Waals surface area (Å²) in [6.45, 7) is 6.07. The quantitative estimate of drug-likeness (QED) is 0.643. The summed E-state index contributed by atoms with van der Waals surface area (Å²) in [5.74, 6) is 5.71. The van der Waals surface area contributed by atoms with Gasteiger partial charge in [0.15, 0.2) is 0 Å². The number of anilines is 1. The molecule has 1 fully saturated rings. The first kappa shape index (κ1) is 20.9. The number of H-pyrrole nitrogens is 1. The van der Waals surface area contributed by atoms with Crippen molar-refractivity contribution in [2.45, 2.75) is 58.6 Å². The standard InChI is InChI=1S/C21H25N3O4S/c1-21(2,3)11-10-15-12-16(19(29-15)20(26)27)22-13-4-6-14(7-5-13)28-18-9-8-17(25)23-24-18/h8-9,12-14,22H,4-7H2,1-3H3,(H,23,25)(H,26,27). The van der Waals surface area contributed by atoms with E-state index in [1.807, 2.05) is 26.8 Å². The van der Waals surface area contributed by atoms with Crippen LogP contribution in [-0.2, 0) is 0 Å². The molecule has 1 saturated carbocycles. The van der Waals surface area contributed by atoms with Crippen LogP contribution < -0.4 is 15.6 Å². The molecule has 0 saturated heterocycles. The molecule has 1 aliphatic carbocycles. The van der Waals surface area contributed by atoms with E-state index in [0.29, 0.717) is 16.4 Å². The van der Waals surface area contributed by atoms with Crippen molar-refractivity contribution in [1.82, 2.24) is 10.2 Å². The molecule has 8 heteroatoms. The van der Waals surface area contributed by atoms with E-state index in [2.05, 4.69) is 27.4 Å². The molecule has 0 atom stereocenters. The van der Waals surface area contributed by atoms with Gasteiger partial charge >= 0.3 is 5.97 Å². The molecule has 2 heterocycles.